The summed E-state index contributed by atoms with van der Waals surface area (Å²) in [5.74, 6) is 0.528. The van der Waals surface area contributed by atoms with Gasteiger partial charge in [0.25, 0.3) is 0 Å². The van der Waals surface area contributed by atoms with E-state index in [0.717, 1.165) is 44.9 Å². The van der Waals surface area contributed by atoms with Crippen molar-refractivity contribution in [3.05, 3.63) is 34.9 Å². The molecule has 4 rings (SSSR count). The number of ketones is 2. The van der Waals surface area contributed by atoms with Gasteiger partial charge in [-0.3, -0.25) is 9.59 Å². The van der Waals surface area contributed by atoms with Crippen LogP contribution in [0.1, 0.15) is 99.3 Å². The monoisotopic (exact) mass is 480 g/mol. The highest BCUT2D eigenvalue weighted by atomic mass is 16.5. The minimum absolute atomic E-state index is 0.00954. The van der Waals surface area contributed by atoms with Gasteiger partial charge in [0.1, 0.15) is 5.78 Å². The molecular weight excluding hydrogens is 436 g/mol. The molecule has 0 bridgehead atoms. The Morgan fingerprint density at radius 3 is 2.40 bits per heavy atom. The molecule has 4 aliphatic carbocycles. The lowest BCUT2D eigenvalue weighted by Gasteiger charge is -2.55. The van der Waals surface area contributed by atoms with Crippen molar-refractivity contribution < 1.29 is 19.1 Å². The molecule has 0 aromatic carbocycles. The molecular formula is C31H44O4. The smallest absolute Gasteiger partial charge is 0.333 e. The second-order valence-corrected chi connectivity index (χ2v) is 12.9. The predicted molar refractivity (Wildman–Crippen MR) is 139 cm³/mol. The van der Waals surface area contributed by atoms with E-state index >= 15 is 0 Å². The normalized spacial score (nSPS) is 37.3. The maximum atomic E-state index is 12.9. The van der Waals surface area contributed by atoms with Crippen molar-refractivity contribution in [3.63, 3.8) is 0 Å². The van der Waals surface area contributed by atoms with Crippen LogP contribution in [0.15, 0.2) is 34.9 Å². The molecule has 5 atom stereocenters. The van der Waals surface area contributed by atoms with Crippen molar-refractivity contribution in [2.75, 3.05) is 7.11 Å². The molecule has 0 aromatic rings. The molecule has 0 N–H and O–H groups in total. The highest BCUT2D eigenvalue weighted by Gasteiger charge is 2.64. The maximum absolute atomic E-state index is 12.9. The van der Waals surface area contributed by atoms with Crippen molar-refractivity contribution in [1.29, 1.82) is 0 Å². The number of fused-ring (bicyclic) bond motifs is 3. The van der Waals surface area contributed by atoms with Gasteiger partial charge in [0.15, 0.2) is 5.78 Å². The molecule has 2 fully saturated rings. The third kappa shape index (κ3) is 3.56. The molecule has 1 unspecified atom stereocenters. The van der Waals surface area contributed by atoms with E-state index in [4.69, 9.17) is 4.74 Å². The molecule has 0 heterocycles. The molecule has 4 heteroatoms. The highest BCUT2D eigenvalue weighted by molar-refractivity contribution is 5.99. The molecule has 0 amide bonds. The number of hydrogen-bond acceptors (Lipinski definition) is 4. The van der Waals surface area contributed by atoms with Gasteiger partial charge in [-0.1, -0.05) is 57.9 Å². The SMILES string of the molecule is C=C1CC[C@@](C)([C@H](C)CC(=O)/C=C(\C)C(=O)OC)[C@@]12CCC1=C2CCC2C(C)(C)C(=O)CC[C@]12C. The standard InChI is InChI=1S/C31H44O4/c1-19(27(34)35-8)17-22(32)18-21(3)30(7)15-11-20(2)31(30)16-12-23-24(31)9-10-25-28(4,5)26(33)13-14-29(23,25)6/h17,21,25H,2,9-16,18H2,1,3-8H3/b19-17+/t21-,25?,29-,30+,31+/m1/s1. The number of methoxy groups -OCH3 is 1. The number of allylic oxidation sites excluding steroid dienone is 4. The summed E-state index contributed by atoms with van der Waals surface area (Å²) in [5, 5.41) is 0. The third-order valence-corrected chi connectivity index (χ3v) is 11.2. The van der Waals surface area contributed by atoms with Gasteiger partial charge in [0.2, 0.25) is 0 Å². The number of ether oxygens (including phenoxy) is 1. The van der Waals surface area contributed by atoms with E-state index in [0.29, 0.717) is 30.1 Å². The number of Topliss-reactive ketones (excluding diaryl/α,β-unsaturated/α-hetero) is 1. The second-order valence-electron chi connectivity index (χ2n) is 12.9. The highest BCUT2D eigenvalue weighted by Crippen LogP contribution is 2.73. The van der Waals surface area contributed by atoms with Crippen LogP contribution in [0.2, 0.25) is 0 Å². The first-order valence-corrected chi connectivity index (χ1v) is 13.5. The summed E-state index contributed by atoms with van der Waals surface area (Å²) < 4.78 is 4.76. The number of carbonyl (C=O) groups excluding carboxylic acids is 3. The molecule has 2 saturated carbocycles. The average molecular weight is 481 g/mol. The Labute approximate surface area is 211 Å². The number of esters is 1. The van der Waals surface area contributed by atoms with Gasteiger partial charge in [-0.25, -0.2) is 4.79 Å². The molecule has 35 heavy (non-hydrogen) atoms. The summed E-state index contributed by atoms with van der Waals surface area (Å²) >= 11 is 0. The molecule has 4 nitrogen and oxygen atoms in total. The van der Waals surface area contributed by atoms with Crippen LogP contribution in [-0.4, -0.2) is 24.6 Å². The summed E-state index contributed by atoms with van der Waals surface area (Å²) in [6.45, 7) is 17.7. The summed E-state index contributed by atoms with van der Waals surface area (Å²) in [6, 6.07) is 0. The fourth-order valence-electron chi connectivity index (χ4n) is 9.03. The average Bonchev–Trinajstić information content (AvgIpc) is 3.32. The summed E-state index contributed by atoms with van der Waals surface area (Å²) in [4.78, 5) is 37.6. The fraction of sp³-hybridized carbons (Fsp3) is 0.710. The van der Waals surface area contributed by atoms with E-state index < -0.39 is 5.97 Å². The Kier molecular flexibility index (Phi) is 6.38. The van der Waals surface area contributed by atoms with Gasteiger partial charge in [-0.05, 0) is 80.6 Å². The summed E-state index contributed by atoms with van der Waals surface area (Å²) in [7, 11) is 1.34. The zero-order valence-electron chi connectivity index (χ0n) is 22.9. The zero-order valence-corrected chi connectivity index (χ0v) is 22.9. The molecule has 0 aromatic heterocycles. The van der Waals surface area contributed by atoms with Crippen molar-refractivity contribution in [2.45, 2.75) is 99.3 Å². The minimum Gasteiger partial charge on any atom is -0.466 e. The first kappa shape index (κ1) is 26.1. The van der Waals surface area contributed by atoms with E-state index in [2.05, 4.69) is 41.2 Å². The van der Waals surface area contributed by atoms with Gasteiger partial charge in [-0.2, -0.15) is 0 Å². The van der Waals surface area contributed by atoms with Crippen molar-refractivity contribution in [3.8, 4) is 0 Å². The Bertz CT molecular complexity index is 1040. The number of carbonyl (C=O) groups is 3. The fourth-order valence-corrected chi connectivity index (χ4v) is 9.03. The van der Waals surface area contributed by atoms with E-state index in [1.165, 1.54) is 18.8 Å². The van der Waals surface area contributed by atoms with Crippen LogP contribution in [0.4, 0.5) is 0 Å². The van der Waals surface area contributed by atoms with Gasteiger partial charge < -0.3 is 4.74 Å². The Morgan fingerprint density at radius 2 is 1.74 bits per heavy atom. The molecule has 1 spiro atoms. The van der Waals surface area contributed by atoms with Crippen molar-refractivity contribution >= 4 is 17.5 Å². The van der Waals surface area contributed by atoms with Crippen molar-refractivity contribution in [1.82, 2.24) is 0 Å². The van der Waals surface area contributed by atoms with Crippen LogP contribution in [0, 0.1) is 33.5 Å². The van der Waals surface area contributed by atoms with Gasteiger partial charge in [0.05, 0.1) is 7.11 Å². The predicted octanol–water partition coefficient (Wildman–Crippen LogP) is 6.94. The van der Waals surface area contributed by atoms with Crippen LogP contribution >= 0.6 is 0 Å². The van der Waals surface area contributed by atoms with Crippen LogP contribution in [-0.2, 0) is 19.1 Å². The van der Waals surface area contributed by atoms with E-state index in [9.17, 15) is 14.4 Å². The quantitative estimate of drug-likeness (QED) is 0.243. The Hall–Kier alpha value is -1.97. The first-order valence-electron chi connectivity index (χ1n) is 13.5. The van der Waals surface area contributed by atoms with Crippen LogP contribution in [0.3, 0.4) is 0 Å². The summed E-state index contributed by atoms with van der Waals surface area (Å²) in [6.07, 6.45) is 9.84. The van der Waals surface area contributed by atoms with Gasteiger partial charge in [0, 0.05) is 29.2 Å². The van der Waals surface area contributed by atoms with E-state index in [1.54, 1.807) is 18.1 Å². The zero-order chi connectivity index (χ0) is 26.0. The molecule has 0 radical (unpaired) electrons. The first-order chi connectivity index (χ1) is 16.3. The van der Waals surface area contributed by atoms with Crippen LogP contribution in [0.5, 0.6) is 0 Å². The van der Waals surface area contributed by atoms with Crippen LogP contribution in [0.25, 0.3) is 0 Å². The third-order valence-electron chi connectivity index (χ3n) is 11.2. The Morgan fingerprint density at radius 1 is 1.06 bits per heavy atom. The van der Waals surface area contributed by atoms with Crippen LogP contribution < -0.4 is 0 Å². The van der Waals surface area contributed by atoms with Gasteiger partial charge in [-0.15, -0.1) is 0 Å². The number of hydrogen-bond donors (Lipinski definition) is 0. The molecule has 192 valence electrons. The lowest BCUT2D eigenvalue weighted by atomic mass is 9.48. The maximum Gasteiger partial charge on any atom is 0.333 e. The Balaban J connectivity index is 1.70. The topological polar surface area (TPSA) is 60.4 Å². The molecule has 0 saturated heterocycles. The molecule has 0 aliphatic heterocycles. The van der Waals surface area contributed by atoms with E-state index in [1.807, 2.05) is 0 Å². The van der Waals surface area contributed by atoms with E-state index in [-0.39, 0.29) is 33.4 Å². The number of rotatable bonds is 5. The second kappa shape index (κ2) is 8.56. The largest absolute Gasteiger partial charge is 0.466 e. The van der Waals surface area contributed by atoms with Crippen molar-refractivity contribution in [2.24, 2.45) is 33.5 Å². The summed E-state index contributed by atoms with van der Waals surface area (Å²) in [5.41, 5.74) is 4.63. The van der Waals surface area contributed by atoms with Gasteiger partial charge >= 0.3 is 5.97 Å². The molecule has 4 aliphatic rings. The lowest BCUT2D eigenvalue weighted by Crippen LogP contribution is -2.50. The lowest BCUT2D eigenvalue weighted by molar-refractivity contribution is -0.139. The minimum atomic E-state index is -0.451.